The van der Waals surface area contributed by atoms with Crippen LogP contribution in [-0.2, 0) is 5.41 Å². The lowest BCUT2D eigenvalue weighted by atomic mass is 9.58. The van der Waals surface area contributed by atoms with Crippen LogP contribution in [0.25, 0.3) is 82.8 Å². The second-order valence-electron chi connectivity index (χ2n) is 15.8. The predicted octanol–water partition coefficient (Wildman–Crippen LogP) is 11.8. The Bertz CT molecular complexity index is 3220. The topological polar surface area (TPSA) is 30.1 Å². The summed E-state index contributed by atoms with van der Waals surface area (Å²) in [5.74, 6) is 0. The molecule has 2 aromatic heterocycles. The number of hydrogen-bond donors (Lipinski definition) is 1. The fourth-order valence-corrected chi connectivity index (χ4v) is 9.86. The van der Waals surface area contributed by atoms with Crippen molar-refractivity contribution < 1.29 is 4.42 Å². The number of fused-ring (bicyclic) bond motifs is 12. The van der Waals surface area contributed by atoms with E-state index in [9.17, 15) is 0 Å². The molecule has 0 saturated heterocycles. The third kappa shape index (κ3) is 4.28. The summed E-state index contributed by atoms with van der Waals surface area (Å²) in [6.07, 6.45) is 0. The Balaban J connectivity index is 1.16. The molecule has 0 unspecified atom stereocenters. The van der Waals surface area contributed by atoms with Gasteiger partial charge in [0.05, 0.1) is 11.4 Å². The zero-order valence-corrected chi connectivity index (χ0v) is 30.7. The van der Waals surface area contributed by atoms with Gasteiger partial charge in [-0.1, -0.05) is 147 Å². The van der Waals surface area contributed by atoms with E-state index < -0.39 is 0 Å². The molecule has 1 aliphatic heterocycles. The third-order valence-corrected chi connectivity index (χ3v) is 12.3. The van der Waals surface area contributed by atoms with E-state index in [1.807, 2.05) is 0 Å². The van der Waals surface area contributed by atoms with Crippen LogP contribution in [0.1, 0.15) is 25.0 Å². The highest BCUT2D eigenvalue weighted by atomic mass is 16.3. The zero-order chi connectivity index (χ0) is 36.4. The van der Waals surface area contributed by atoms with Crippen LogP contribution in [-0.4, -0.2) is 11.8 Å². The first-order chi connectivity index (χ1) is 27.0. The summed E-state index contributed by atoms with van der Waals surface area (Å²) in [7, 11) is 0.804. The molecule has 0 spiro atoms. The number of rotatable bonds is 4. The van der Waals surface area contributed by atoms with Crippen molar-refractivity contribution in [3.05, 3.63) is 175 Å². The molecule has 55 heavy (non-hydrogen) atoms. The number of para-hydroxylation sites is 2. The van der Waals surface area contributed by atoms with Crippen molar-refractivity contribution in [1.82, 2.24) is 4.57 Å². The maximum absolute atomic E-state index is 6.96. The van der Waals surface area contributed by atoms with Crippen LogP contribution in [0, 0.1) is 0 Å². The standard InChI is InChI=1S/C51H35BN2O/c1-51(2)41-20-10-8-18-36(41)48-45(51)37-19-12-21-42-47(37)54(48)49-46(52-42)39(29-40-35-17-9-11-22-44(35)55-50(40)49)38-27-32-15-6-7-16-33(32)28-43(38)53-34-25-23-31(24-26-34)30-13-4-3-5-14-30/h3-29,52-53H,1-2H3. The van der Waals surface area contributed by atoms with Crippen molar-refractivity contribution in [2.45, 2.75) is 19.3 Å². The van der Waals surface area contributed by atoms with E-state index in [0.29, 0.717) is 0 Å². The van der Waals surface area contributed by atoms with Gasteiger partial charge in [-0.3, -0.25) is 0 Å². The Labute approximate surface area is 319 Å². The largest absolute Gasteiger partial charge is 0.454 e. The first-order valence-electron chi connectivity index (χ1n) is 19.2. The lowest BCUT2D eigenvalue weighted by Gasteiger charge is -2.26. The highest BCUT2D eigenvalue weighted by molar-refractivity contribution is 6.73. The van der Waals surface area contributed by atoms with E-state index in [-0.39, 0.29) is 5.41 Å². The average molecular weight is 703 g/mol. The molecule has 12 rings (SSSR count). The van der Waals surface area contributed by atoms with Crippen LogP contribution in [0.4, 0.5) is 11.4 Å². The van der Waals surface area contributed by atoms with E-state index in [0.717, 1.165) is 46.3 Å². The zero-order valence-electron chi connectivity index (χ0n) is 30.7. The first kappa shape index (κ1) is 30.7. The van der Waals surface area contributed by atoms with Gasteiger partial charge >= 0.3 is 0 Å². The Kier molecular flexibility index (Phi) is 6.20. The Hall–Kier alpha value is -6.78. The molecule has 8 aromatic carbocycles. The SMILES string of the molecule is CC1(C)c2ccccc2-c2c1c1cccc3c1n2-c1c(c(-c2cc4ccccc4cc2Nc2ccc(-c4ccccc4)cc2)cc2c1oc1ccccc12)B3. The fraction of sp³-hybridized carbons (Fsp3) is 0.0588. The van der Waals surface area contributed by atoms with Crippen molar-refractivity contribution in [3.8, 4) is 39.2 Å². The summed E-state index contributed by atoms with van der Waals surface area (Å²) < 4.78 is 9.54. The van der Waals surface area contributed by atoms with Crippen LogP contribution in [0.3, 0.4) is 0 Å². The number of aromatic nitrogens is 1. The van der Waals surface area contributed by atoms with Gasteiger partial charge in [0.1, 0.15) is 5.58 Å². The molecule has 0 atom stereocenters. The molecule has 1 N–H and O–H groups in total. The monoisotopic (exact) mass is 702 g/mol. The maximum atomic E-state index is 6.96. The molecule has 3 nitrogen and oxygen atoms in total. The van der Waals surface area contributed by atoms with Crippen molar-refractivity contribution in [2.75, 3.05) is 5.32 Å². The molecule has 0 saturated carbocycles. The Morgan fingerprint density at radius 2 is 1.29 bits per heavy atom. The van der Waals surface area contributed by atoms with E-state index in [1.165, 1.54) is 77.2 Å². The van der Waals surface area contributed by atoms with Gasteiger partial charge in [0.2, 0.25) is 0 Å². The fourth-order valence-electron chi connectivity index (χ4n) is 9.86. The van der Waals surface area contributed by atoms with Gasteiger partial charge in [-0.05, 0) is 80.5 Å². The molecule has 3 heterocycles. The maximum Gasteiger partial charge on any atom is 0.198 e. The minimum absolute atomic E-state index is 0.144. The van der Waals surface area contributed by atoms with E-state index in [2.05, 4.69) is 188 Å². The molecule has 0 amide bonds. The molecule has 1 aliphatic carbocycles. The molecule has 2 aliphatic rings. The first-order valence-corrected chi connectivity index (χ1v) is 19.2. The second-order valence-corrected chi connectivity index (χ2v) is 15.8. The Morgan fingerprint density at radius 3 is 2.15 bits per heavy atom. The molecular formula is C51H35BN2O. The molecule has 0 fully saturated rings. The summed E-state index contributed by atoms with van der Waals surface area (Å²) in [6.45, 7) is 4.78. The van der Waals surface area contributed by atoms with Crippen LogP contribution < -0.4 is 16.2 Å². The van der Waals surface area contributed by atoms with Gasteiger partial charge in [-0.2, -0.15) is 0 Å². The van der Waals surface area contributed by atoms with E-state index >= 15 is 0 Å². The van der Waals surface area contributed by atoms with Crippen LogP contribution in [0.15, 0.2) is 168 Å². The Morgan fingerprint density at radius 1 is 0.582 bits per heavy atom. The number of furan rings is 1. The summed E-state index contributed by atoms with van der Waals surface area (Å²) in [4.78, 5) is 0. The quantitative estimate of drug-likeness (QED) is 0.185. The summed E-state index contributed by atoms with van der Waals surface area (Å²) >= 11 is 0. The lowest BCUT2D eigenvalue weighted by molar-refractivity contribution is 0.664. The number of nitrogens with zero attached hydrogens (tertiary/aromatic N) is 1. The molecule has 0 bridgehead atoms. The third-order valence-electron chi connectivity index (χ3n) is 12.3. The van der Waals surface area contributed by atoms with Gasteiger partial charge in [0.15, 0.2) is 12.9 Å². The molecular weight excluding hydrogens is 667 g/mol. The number of hydrogen-bond acceptors (Lipinski definition) is 2. The highest BCUT2D eigenvalue weighted by Gasteiger charge is 2.43. The van der Waals surface area contributed by atoms with Crippen molar-refractivity contribution in [1.29, 1.82) is 0 Å². The van der Waals surface area contributed by atoms with Crippen molar-refractivity contribution in [2.24, 2.45) is 0 Å². The van der Waals surface area contributed by atoms with Crippen LogP contribution >= 0.6 is 0 Å². The van der Waals surface area contributed by atoms with Crippen LogP contribution in [0.5, 0.6) is 0 Å². The lowest BCUT2D eigenvalue weighted by Crippen LogP contribution is -2.37. The minimum Gasteiger partial charge on any atom is -0.454 e. The minimum atomic E-state index is -0.144. The molecule has 10 aromatic rings. The average Bonchev–Trinajstić information content (AvgIpc) is 3.85. The molecule has 4 heteroatoms. The van der Waals surface area contributed by atoms with Gasteiger partial charge in [0, 0.05) is 49.6 Å². The highest BCUT2D eigenvalue weighted by Crippen LogP contribution is 2.54. The normalized spacial score (nSPS) is 13.6. The number of nitrogens with one attached hydrogen (secondary N) is 1. The summed E-state index contributed by atoms with van der Waals surface area (Å²) in [5.41, 5.74) is 19.1. The van der Waals surface area contributed by atoms with Crippen LogP contribution in [0.2, 0.25) is 0 Å². The van der Waals surface area contributed by atoms with Gasteiger partial charge in [-0.15, -0.1) is 0 Å². The molecule has 258 valence electrons. The summed E-state index contributed by atoms with van der Waals surface area (Å²) in [5, 5.41) is 9.91. The second kappa shape index (κ2) is 11.1. The van der Waals surface area contributed by atoms with E-state index in [1.54, 1.807) is 0 Å². The number of benzene rings is 8. The predicted molar refractivity (Wildman–Crippen MR) is 233 cm³/mol. The molecule has 0 radical (unpaired) electrons. The van der Waals surface area contributed by atoms with Gasteiger partial charge in [0.25, 0.3) is 0 Å². The number of anilines is 2. The summed E-state index contributed by atoms with van der Waals surface area (Å²) in [6, 6.07) is 59.6. The van der Waals surface area contributed by atoms with Crippen molar-refractivity contribution >= 4 is 73.2 Å². The van der Waals surface area contributed by atoms with Crippen molar-refractivity contribution in [3.63, 3.8) is 0 Å². The van der Waals surface area contributed by atoms with Gasteiger partial charge in [-0.25, -0.2) is 0 Å². The smallest absolute Gasteiger partial charge is 0.198 e. The van der Waals surface area contributed by atoms with Gasteiger partial charge < -0.3 is 14.3 Å². The van der Waals surface area contributed by atoms with E-state index in [4.69, 9.17) is 4.42 Å².